The summed E-state index contributed by atoms with van der Waals surface area (Å²) in [7, 11) is 0. The van der Waals surface area contributed by atoms with Crippen LogP contribution in [-0.2, 0) is 6.18 Å². The Morgan fingerprint density at radius 2 is 1.96 bits per heavy atom. The van der Waals surface area contributed by atoms with Crippen molar-refractivity contribution in [2.24, 2.45) is 0 Å². The Balaban J connectivity index is 2.02. The second kappa shape index (κ2) is 6.40. The van der Waals surface area contributed by atoms with Crippen molar-refractivity contribution in [2.75, 3.05) is 5.32 Å². The lowest BCUT2D eigenvalue weighted by molar-refractivity contribution is -0.137. The molecule has 1 amide bonds. The van der Waals surface area contributed by atoms with E-state index in [-0.39, 0.29) is 17.3 Å². The van der Waals surface area contributed by atoms with E-state index in [1.807, 2.05) is 0 Å². The summed E-state index contributed by atoms with van der Waals surface area (Å²) in [4.78, 5) is 12.2. The van der Waals surface area contributed by atoms with Crippen molar-refractivity contribution < 1.29 is 22.4 Å². The lowest BCUT2D eigenvalue weighted by Gasteiger charge is -2.14. The van der Waals surface area contributed by atoms with E-state index in [1.165, 1.54) is 36.4 Å². The molecule has 0 saturated heterocycles. The van der Waals surface area contributed by atoms with Gasteiger partial charge in [-0.1, -0.05) is 12.1 Å². The van der Waals surface area contributed by atoms with Crippen molar-refractivity contribution in [3.8, 4) is 5.69 Å². The number of carbonyl (C=O) groups is 1. The van der Waals surface area contributed by atoms with E-state index in [0.717, 1.165) is 10.7 Å². The van der Waals surface area contributed by atoms with Crippen LogP contribution in [0.3, 0.4) is 0 Å². The van der Waals surface area contributed by atoms with Crippen LogP contribution in [0.1, 0.15) is 21.8 Å². The molecule has 0 aliphatic rings. The summed E-state index contributed by atoms with van der Waals surface area (Å²) in [5.74, 6) is -0.482. The average molecular weight is 414 g/mol. The number of anilines is 1. The van der Waals surface area contributed by atoms with Crippen LogP contribution in [-0.4, -0.2) is 15.7 Å². The Hall–Kier alpha value is -2.55. The largest absolute Gasteiger partial charge is 0.444 e. The number of rotatable bonds is 3. The first-order valence-electron chi connectivity index (χ1n) is 7.05. The van der Waals surface area contributed by atoms with Crippen molar-refractivity contribution in [2.45, 2.75) is 13.1 Å². The van der Waals surface area contributed by atoms with E-state index >= 15 is 0 Å². The maximum absolute atomic E-state index is 13.3. The third-order valence-electron chi connectivity index (χ3n) is 3.31. The van der Waals surface area contributed by atoms with Gasteiger partial charge in [0.1, 0.15) is 5.82 Å². The van der Waals surface area contributed by atoms with Gasteiger partial charge in [0.05, 0.1) is 16.9 Å². The van der Waals surface area contributed by atoms with E-state index < -0.39 is 17.6 Å². The van der Waals surface area contributed by atoms with Crippen molar-refractivity contribution >= 4 is 27.7 Å². The van der Waals surface area contributed by atoms with Crippen LogP contribution in [0.15, 0.2) is 51.6 Å². The topological polar surface area (TPSA) is 60.1 Å². The molecule has 2 heterocycles. The minimum absolute atomic E-state index is 0.0152. The Morgan fingerprint density at radius 1 is 1.24 bits per heavy atom. The molecular formula is C16H11BrF3N3O2. The van der Waals surface area contributed by atoms with Gasteiger partial charge in [-0.05, 0) is 47.1 Å². The highest BCUT2D eigenvalue weighted by atomic mass is 79.9. The standard InChI is InChI=1S/C16H11BrF3N3O2/c1-9-8-14(21-15(24)12-6-7-13(17)25-12)23(22-9)11-5-3-2-4-10(11)16(18,19)20/h2-8H,1H3,(H,21,24). The summed E-state index contributed by atoms with van der Waals surface area (Å²) < 4.78 is 46.3. The van der Waals surface area contributed by atoms with Gasteiger partial charge in [0.15, 0.2) is 10.4 Å². The average Bonchev–Trinajstić information content (AvgIpc) is 3.12. The molecule has 0 radical (unpaired) electrons. The Labute approximate surface area is 148 Å². The molecule has 0 spiro atoms. The highest BCUT2D eigenvalue weighted by molar-refractivity contribution is 9.10. The number of amides is 1. The number of hydrogen-bond donors (Lipinski definition) is 1. The summed E-state index contributed by atoms with van der Waals surface area (Å²) in [5.41, 5.74) is -0.582. The van der Waals surface area contributed by atoms with Crippen molar-refractivity contribution in [1.82, 2.24) is 9.78 Å². The summed E-state index contributed by atoms with van der Waals surface area (Å²) >= 11 is 3.08. The second-order valence-electron chi connectivity index (χ2n) is 5.16. The van der Waals surface area contributed by atoms with Crippen LogP contribution in [0.4, 0.5) is 19.0 Å². The molecule has 5 nitrogen and oxygen atoms in total. The lowest BCUT2D eigenvalue weighted by Crippen LogP contribution is -2.17. The molecule has 25 heavy (non-hydrogen) atoms. The summed E-state index contributed by atoms with van der Waals surface area (Å²) in [6.07, 6.45) is -4.55. The van der Waals surface area contributed by atoms with Crippen LogP contribution in [0, 0.1) is 6.92 Å². The van der Waals surface area contributed by atoms with Crippen LogP contribution >= 0.6 is 15.9 Å². The fourth-order valence-corrected chi connectivity index (χ4v) is 2.59. The third kappa shape index (κ3) is 3.60. The van der Waals surface area contributed by atoms with Crippen LogP contribution in [0.5, 0.6) is 0 Å². The zero-order valence-corrected chi connectivity index (χ0v) is 14.4. The zero-order chi connectivity index (χ0) is 18.2. The van der Waals surface area contributed by atoms with Crippen LogP contribution in [0.25, 0.3) is 5.69 Å². The first kappa shape index (κ1) is 17.3. The summed E-state index contributed by atoms with van der Waals surface area (Å²) in [5, 5.41) is 6.59. The molecule has 2 aromatic heterocycles. The van der Waals surface area contributed by atoms with Gasteiger partial charge in [-0.2, -0.15) is 18.3 Å². The Morgan fingerprint density at radius 3 is 2.60 bits per heavy atom. The maximum Gasteiger partial charge on any atom is 0.418 e. The predicted octanol–water partition coefficient (Wildman–Crippen LogP) is 4.81. The molecule has 1 N–H and O–H groups in total. The van der Waals surface area contributed by atoms with Crippen molar-refractivity contribution in [1.29, 1.82) is 0 Å². The number of nitrogens with zero attached hydrogens (tertiary/aromatic N) is 2. The Kier molecular flexibility index (Phi) is 4.42. The number of para-hydroxylation sites is 1. The van der Waals surface area contributed by atoms with E-state index in [4.69, 9.17) is 4.42 Å². The number of halogens is 4. The highest BCUT2D eigenvalue weighted by Crippen LogP contribution is 2.34. The number of alkyl halides is 3. The lowest BCUT2D eigenvalue weighted by atomic mass is 10.1. The molecule has 130 valence electrons. The number of furan rings is 1. The van der Waals surface area contributed by atoms with E-state index in [0.29, 0.717) is 10.4 Å². The molecule has 0 aliphatic carbocycles. The SMILES string of the molecule is Cc1cc(NC(=O)c2ccc(Br)o2)n(-c2ccccc2C(F)(F)F)n1. The van der Waals surface area contributed by atoms with E-state index in [1.54, 1.807) is 6.92 Å². The number of benzene rings is 1. The molecule has 0 saturated carbocycles. The Bertz CT molecular complexity index is 931. The molecular weight excluding hydrogens is 403 g/mol. The first-order valence-corrected chi connectivity index (χ1v) is 7.85. The highest BCUT2D eigenvalue weighted by Gasteiger charge is 2.34. The minimum atomic E-state index is -4.55. The van der Waals surface area contributed by atoms with Gasteiger partial charge in [-0.25, -0.2) is 4.68 Å². The van der Waals surface area contributed by atoms with E-state index in [9.17, 15) is 18.0 Å². The molecule has 3 rings (SSSR count). The molecule has 3 aromatic rings. The fraction of sp³-hybridized carbons (Fsp3) is 0.125. The maximum atomic E-state index is 13.3. The normalized spacial score (nSPS) is 11.6. The predicted molar refractivity (Wildman–Crippen MR) is 87.7 cm³/mol. The number of carbonyl (C=O) groups excluding carboxylic acids is 1. The van der Waals surface area contributed by atoms with Gasteiger partial charge in [0.2, 0.25) is 0 Å². The summed E-state index contributed by atoms with van der Waals surface area (Å²) in [6.45, 7) is 1.62. The number of nitrogens with one attached hydrogen (secondary N) is 1. The second-order valence-corrected chi connectivity index (χ2v) is 5.94. The molecule has 9 heteroatoms. The monoisotopic (exact) mass is 413 g/mol. The minimum Gasteiger partial charge on any atom is -0.444 e. The smallest absolute Gasteiger partial charge is 0.418 e. The zero-order valence-electron chi connectivity index (χ0n) is 12.8. The van der Waals surface area contributed by atoms with Crippen LogP contribution in [0.2, 0.25) is 0 Å². The van der Waals surface area contributed by atoms with Gasteiger partial charge in [-0.3, -0.25) is 4.79 Å². The summed E-state index contributed by atoms with van der Waals surface area (Å²) in [6, 6.07) is 9.46. The number of aryl methyl sites for hydroxylation is 1. The van der Waals surface area contributed by atoms with Gasteiger partial charge >= 0.3 is 6.18 Å². The fourth-order valence-electron chi connectivity index (χ4n) is 2.28. The molecule has 0 bridgehead atoms. The van der Waals surface area contributed by atoms with Gasteiger partial charge in [0, 0.05) is 6.07 Å². The van der Waals surface area contributed by atoms with Gasteiger partial charge < -0.3 is 9.73 Å². The molecule has 0 fully saturated rings. The molecule has 0 atom stereocenters. The van der Waals surface area contributed by atoms with Crippen molar-refractivity contribution in [3.63, 3.8) is 0 Å². The van der Waals surface area contributed by atoms with Gasteiger partial charge in [-0.15, -0.1) is 0 Å². The first-order chi connectivity index (χ1) is 11.8. The quantitative estimate of drug-likeness (QED) is 0.670. The number of hydrogen-bond acceptors (Lipinski definition) is 3. The molecule has 1 aromatic carbocycles. The van der Waals surface area contributed by atoms with Gasteiger partial charge in [0.25, 0.3) is 5.91 Å². The molecule has 0 unspecified atom stereocenters. The molecule has 0 aliphatic heterocycles. The van der Waals surface area contributed by atoms with Crippen LogP contribution < -0.4 is 5.32 Å². The van der Waals surface area contributed by atoms with Crippen molar-refractivity contribution in [3.05, 3.63) is 64.2 Å². The number of aromatic nitrogens is 2. The third-order valence-corrected chi connectivity index (χ3v) is 3.73. The van der Waals surface area contributed by atoms with E-state index in [2.05, 4.69) is 26.3 Å².